The quantitative estimate of drug-likeness (QED) is 0.841. The first kappa shape index (κ1) is 12.5. The molecule has 2 rings (SSSR count). The molecule has 0 bridgehead atoms. The molecule has 6 heteroatoms. The summed E-state index contributed by atoms with van der Waals surface area (Å²) in [6, 6.07) is 3.93. The summed E-state index contributed by atoms with van der Waals surface area (Å²) in [4.78, 5) is 0. The number of alkyl halides is 2. The van der Waals surface area contributed by atoms with Crippen molar-refractivity contribution in [3.8, 4) is 16.9 Å². The molecule has 1 aromatic heterocycles. The van der Waals surface area contributed by atoms with Crippen LogP contribution in [-0.2, 0) is 0 Å². The zero-order valence-electron chi connectivity index (χ0n) is 9.82. The first-order valence-electron chi connectivity index (χ1n) is 5.20. The van der Waals surface area contributed by atoms with Crippen LogP contribution in [0.1, 0.15) is 12.2 Å². The van der Waals surface area contributed by atoms with E-state index >= 15 is 0 Å². The van der Waals surface area contributed by atoms with E-state index < -0.39 is 12.4 Å². The summed E-state index contributed by atoms with van der Waals surface area (Å²) in [6.07, 6.45) is 1.28. The Kier molecular flexibility index (Phi) is 3.27. The van der Waals surface area contributed by atoms with Crippen LogP contribution < -0.4 is 4.74 Å². The predicted octanol–water partition coefficient (Wildman–Crippen LogP) is 3.40. The van der Waals surface area contributed by atoms with Gasteiger partial charge in [0.15, 0.2) is 0 Å². The van der Waals surface area contributed by atoms with Gasteiger partial charge in [-0.3, -0.25) is 0 Å². The maximum absolute atomic E-state index is 13.2. The van der Waals surface area contributed by atoms with Crippen molar-refractivity contribution in [1.82, 2.24) is 9.78 Å². The molecule has 1 aromatic carbocycles. The molecule has 0 saturated carbocycles. The Morgan fingerprint density at radius 1 is 1.28 bits per heavy atom. The van der Waals surface area contributed by atoms with Crippen molar-refractivity contribution in [1.29, 1.82) is 0 Å². The van der Waals surface area contributed by atoms with Crippen LogP contribution in [-0.4, -0.2) is 16.9 Å². The highest BCUT2D eigenvalue weighted by Gasteiger charge is 2.17. The molecule has 0 aliphatic heterocycles. The van der Waals surface area contributed by atoms with Gasteiger partial charge in [-0.15, -0.1) is 0 Å². The minimum Gasteiger partial charge on any atom is -0.496 e. The Morgan fingerprint density at radius 2 is 2.00 bits per heavy atom. The second-order valence-electron chi connectivity index (χ2n) is 3.71. The van der Waals surface area contributed by atoms with Crippen LogP contribution in [0.2, 0.25) is 0 Å². The van der Waals surface area contributed by atoms with Gasteiger partial charge in [-0.2, -0.15) is 13.9 Å². The Morgan fingerprint density at radius 3 is 2.56 bits per heavy atom. The Hall–Kier alpha value is -1.98. The lowest BCUT2D eigenvalue weighted by Gasteiger charge is -2.08. The van der Waals surface area contributed by atoms with E-state index in [1.54, 1.807) is 0 Å². The number of nitrogens with zero attached hydrogens (tertiary/aromatic N) is 2. The number of methoxy groups -OCH3 is 1. The molecule has 18 heavy (non-hydrogen) atoms. The summed E-state index contributed by atoms with van der Waals surface area (Å²) in [5.41, 5.74) is 1.09. The van der Waals surface area contributed by atoms with Crippen molar-refractivity contribution in [2.24, 2.45) is 0 Å². The van der Waals surface area contributed by atoms with E-state index in [2.05, 4.69) is 5.10 Å². The largest absolute Gasteiger partial charge is 0.496 e. The monoisotopic (exact) mass is 256 g/mol. The van der Waals surface area contributed by atoms with E-state index in [4.69, 9.17) is 4.74 Å². The number of hydrogen-bond acceptors (Lipinski definition) is 2. The van der Waals surface area contributed by atoms with Gasteiger partial charge in [-0.1, -0.05) is 0 Å². The molecule has 3 nitrogen and oxygen atoms in total. The van der Waals surface area contributed by atoms with Gasteiger partial charge in [-0.25, -0.2) is 9.07 Å². The van der Waals surface area contributed by atoms with E-state index in [1.807, 2.05) is 0 Å². The van der Waals surface area contributed by atoms with Crippen LogP contribution in [0.4, 0.5) is 13.2 Å². The number of rotatable bonds is 3. The normalized spacial score (nSPS) is 11.0. The molecule has 0 aliphatic carbocycles. The standard InChI is InChI=1S/C12H11F3N2O/c1-7-10(6-16-17(7)12(14)15)9-5-8(13)3-4-11(9)18-2/h3-6,12H,1-2H3. The number of aromatic nitrogens is 2. The van der Waals surface area contributed by atoms with Gasteiger partial charge < -0.3 is 4.74 Å². The van der Waals surface area contributed by atoms with Gasteiger partial charge in [0.2, 0.25) is 0 Å². The minimum absolute atomic E-state index is 0.258. The predicted molar refractivity (Wildman–Crippen MR) is 60.2 cm³/mol. The van der Waals surface area contributed by atoms with Crippen molar-refractivity contribution in [2.45, 2.75) is 13.5 Å². The molecular formula is C12H11F3N2O. The van der Waals surface area contributed by atoms with Crippen LogP contribution in [0.15, 0.2) is 24.4 Å². The van der Waals surface area contributed by atoms with Crippen molar-refractivity contribution in [3.05, 3.63) is 35.9 Å². The summed E-state index contributed by atoms with van der Waals surface area (Å²) in [7, 11) is 1.43. The summed E-state index contributed by atoms with van der Waals surface area (Å²) in [5, 5.41) is 3.59. The third kappa shape index (κ3) is 2.05. The van der Waals surface area contributed by atoms with Crippen LogP contribution in [0.5, 0.6) is 5.75 Å². The second-order valence-corrected chi connectivity index (χ2v) is 3.71. The Bertz CT molecular complexity index is 566. The zero-order chi connectivity index (χ0) is 13.3. The molecule has 0 aliphatic rings. The van der Waals surface area contributed by atoms with Crippen molar-refractivity contribution in [2.75, 3.05) is 7.11 Å². The van der Waals surface area contributed by atoms with Gasteiger partial charge in [0, 0.05) is 16.8 Å². The van der Waals surface area contributed by atoms with Crippen LogP contribution >= 0.6 is 0 Å². The molecule has 2 aromatic rings. The molecule has 1 heterocycles. The Labute approximate surface area is 102 Å². The van der Waals surface area contributed by atoms with Crippen LogP contribution in [0, 0.1) is 12.7 Å². The molecule has 96 valence electrons. The van der Waals surface area contributed by atoms with Crippen molar-refractivity contribution < 1.29 is 17.9 Å². The van der Waals surface area contributed by atoms with Gasteiger partial charge in [-0.05, 0) is 25.1 Å². The van der Waals surface area contributed by atoms with Crippen LogP contribution in [0.3, 0.4) is 0 Å². The van der Waals surface area contributed by atoms with E-state index in [0.717, 1.165) is 0 Å². The molecule has 0 saturated heterocycles. The fourth-order valence-electron chi connectivity index (χ4n) is 1.78. The number of ether oxygens (including phenoxy) is 1. The molecule has 0 radical (unpaired) electrons. The number of hydrogen-bond donors (Lipinski definition) is 0. The molecule has 0 N–H and O–H groups in total. The summed E-state index contributed by atoms with van der Waals surface area (Å²) in [5.74, 6) is -0.0525. The van der Waals surface area contributed by atoms with E-state index in [1.165, 1.54) is 38.4 Å². The maximum Gasteiger partial charge on any atom is 0.333 e. The number of halogens is 3. The van der Waals surface area contributed by atoms with Gasteiger partial charge in [0.1, 0.15) is 11.6 Å². The molecule has 0 spiro atoms. The van der Waals surface area contributed by atoms with Crippen LogP contribution in [0.25, 0.3) is 11.1 Å². The van der Waals surface area contributed by atoms with Gasteiger partial charge >= 0.3 is 6.55 Å². The first-order valence-corrected chi connectivity index (χ1v) is 5.20. The zero-order valence-corrected chi connectivity index (χ0v) is 9.82. The Balaban J connectivity index is 2.58. The highest BCUT2D eigenvalue weighted by atomic mass is 19.3. The lowest BCUT2D eigenvalue weighted by Crippen LogP contribution is -2.02. The second kappa shape index (κ2) is 4.72. The fraction of sp³-hybridized carbons (Fsp3) is 0.250. The van der Waals surface area contributed by atoms with Gasteiger partial charge in [0.05, 0.1) is 13.3 Å². The minimum atomic E-state index is -2.72. The topological polar surface area (TPSA) is 27.1 Å². The molecular weight excluding hydrogens is 245 g/mol. The van der Waals surface area contributed by atoms with E-state index in [-0.39, 0.29) is 5.69 Å². The maximum atomic E-state index is 13.2. The van der Waals surface area contributed by atoms with E-state index in [9.17, 15) is 13.2 Å². The highest BCUT2D eigenvalue weighted by molar-refractivity contribution is 5.71. The highest BCUT2D eigenvalue weighted by Crippen LogP contribution is 2.33. The third-order valence-corrected chi connectivity index (χ3v) is 2.68. The molecule has 0 atom stereocenters. The van der Waals surface area contributed by atoms with Crippen molar-refractivity contribution in [3.63, 3.8) is 0 Å². The van der Waals surface area contributed by atoms with Gasteiger partial charge in [0.25, 0.3) is 0 Å². The lowest BCUT2D eigenvalue weighted by molar-refractivity contribution is 0.0545. The average molecular weight is 256 g/mol. The summed E-state index contributed by atoms with van der Waals surface area (Å²) >= 11 is 0. The summed E-state index contributed by atoms with van der Waals surface area (Å²) in [6.45, 7) is -1.22. The SMILES string of the molecule is COc1ccc(F)cc1-c1cnn(C(F)F)c1C. The molecule has 0 amide bonds. The fourth-order valence-corrected chi connectivity index (χ4v) is 1.78. The van der Waals surface area contributed by atoms with E-state index in [0.29, 0.717) is 21.6 Å². The smallest absolute Gasteiger partial charge is 0.333 e. The third-order valence-electron chi connectivity index (χ3n) is 2.68. The summed E-state index contributed by atoms with van der Waals surface area (Å²) < 4.78 is 44.1. The average Bonchev–Trinajstić information content (AvgIpc) is 2.71. The lowest BCUT2D eigenvalue weighted by atomic mass is 10.1. The van der Waals surface area contributed by atoms with Crippen molar-refractivity contribution >= 4 is 0 Å². The number of benzene rings is 1. The molecule has 0 fully saturated rings. The first-order chi connectivity index (χ1) is 8.54. The molecule has 0 unspecified atom stereocenters.